The average Bonchev–Trinajstić information content (AvgIpc) is 3.43. The molecule has 45 heavy (non-hydrogen) atoms. The van der Waals surface area contributed by atoms with Crippen LogP contribution in [0, 0.1) is 6.57 Å². The Labute approximate surface area is 261 Å². The molecule has 0 atom stereocenters. The number of pyridine rings is 2. The van der Waals surface area contributed by atoms with Gasteiger partial charge in [-0.25, -0.2) is 0 Å². The van der Waals surface area contributed by atoms with Crippen LogP contribution in [0.3, 0.4) is 0 Å². The van der Waals surface area contributed by atoms with Crippen LogP contribution >= 0.6 is 0 Å². The van der Waals surface area contributed by atoms with Gasteiger partial charge in [-0.05, 0) is 48.2 Å². The lowest BCUT2D eigenvalue weighted by Crippen LogP contribution is -2.06. The molecule has 7 rings (SSSR count). The summed E-state index contributed by atoms with van der Waals surface area (Å²) in [6.45, 7) is 12.1. The van der Waals surface area contributed by atoms with E-state index >= 15 is 0 Å². The Morgan fingerprint density at radius 2 is 1.89 bits per heavy atom. The largest absolute Gasteiger partial charge is 0.318 e. The SMILES string of the molecule is C#[N+]/C=C\C(=N/Cn1c(C=C)c(/C=C\C)c2ccc3c4c(n(-c5ccccc5)c3c21)CC=CC=C4)c1cnc2cccnc2c1. The summed E-state index contributed by atoms with van der Waals surface area (Å²) in [6.07, 6.45) is 22.6. The second-order valence-corrected chi connectivity index (χ2v) is 10.7. The van der Waals surface area contributed by atoms with E-state index in [-0.39, 0.29) is 0 Å². The van der Waals surface area contributed by atoms with Gasteiger partial charge >= 0.3 is 6.20 Å². The molecule has 6 nitrogen and oxygen atoms in total. The van der Waals surface area contributed by atoms with Gasteiger partial charge in [0.15, 0.2) is 0 Å². The second kappa shape index (κ2) is 11.9. The molecular formula is C39H31N6+. The molecule has 0 saturated carbocycles. The number of para-hydroxylation sites is 1. The number of benzene rings is 2. The van der Waals surface area contributed by atoms with Gasteiger partial charge in [-0.1, -0.05) is 73.4 Å². The molecule has 6 aromatic rings. The van der Waals surface area contributed by atoms with E-state index < -0.39 is 0 Å². The van der Waals surface area contributed by atoms with E-state index in [1.165, 1.54) is 16.6 Å². The number of nitrogens with zero attached hydrogens (tertiary/aromatic N) is 6. The molecular weight excluding hydrogens is 552 g/mol. The van der Waals surface area contributed by atoms with Crippen LogP contribution in [0.4, 0.5) is 0 Å². The summed E-state index contributed by atoms with van der Waals surface area (Å²) in [6, 6.07) is 20.9. The predicted molar refractivity (Wildman–Crippen MR) is 189 cm³/mol. The molecule has 4 heterocycles. The van der Waals surface area contributed by atoms with Crippen LogP contribution in [0.1, 0.15) is 35.0 Å². The summed E-state index contributed by atoms with van der Waals surface area (Å²) >= 11 is 0. The summed E-state index contributed by atoms with van der Waals surface area (Å²) in [5.41, 5.74) is 11.1. The third-order valence-corrected chi connectivity index (χ3v) is 8.18. The minimum atomic E-state index is 0.333. The van der Waals surface area contributed by atoms with E-state index in [1.807, 2.05) is 37.4 Å². The standard InChI is InChI=1S/C39H31N6/c1-4-13-29-31-19-20-32-30-16-10-7-11-18-37(30)45(28-14-8-6-9-15-28)39(32)38(31)44(36(29)5-2)26-43-33(21-23-40-3)27-24-35-34(42-25-27)17-12-22-41-35/h3-17,19-25H,2,18,26H2,1H3/q+1/b13-4-,23-21-,43-33+. The minimum absolute atomic E-state index is 0.333. The molecule has 0 aliphatic heterocycles. The van der Waals surface area contributed by atoms with Crippen molar-refractivity contribution in [1.82, 2.24) is 19.1 Å². The quantitative estimate of drug-likeness (QED) is 0.176. The number of rotatable bonds is 7. The molecule has 0 fully saturated rings. The maximum Gasteiger partial charge on any atom is 0.307 e. The number of aliphatic imine (C=N–C) groups is 1. The summed E-state index contributed by atoms with van der Waals surface area (Å²) in [5.74, 6) is 0. The Balaban J connectivity index is 1.53. The van der Waals surface area contributed by atoms with Crippen LogP contribution in [-0.4, -0.2) is 24.8 Å². The van der Waals surface area contributed by atoms with Gasteiger partial charge in [0.2, 0.25) is 0 Å². The molecule has 0 N–H and O–H groups in total. The monoisotopic (exact) mass is 583 g/mol. The van der Waals surface area contributed by atoms with Gasteiger partial charge in [-0.2, -0.15) is 0 Å². The van der Waals surface area contributed by atoms with Crippen LogP contribution < -0.4 is 0 Å². The summed E-state index contributed by atoms with van der Waals surface area (Å²) < 4.78 is 4.67. The maximum absolute atomic E-state index is 5.52. The van der Waals surface area contributed by atoms with E-state index in [4.69, 9.17) is 11.6 Å². The van der Waals surface area contributed by atoms with Crippen LogP contribution in [0.25, 0.3) is 61.6 Å². The topological polar surface area (TPSA) is 52.4 Å². The fraction of sp³-hybridized carbons (Fsp3) is 0.0769. The Morgan fingerprint density at radius 1 is 1.02 bits per heavy atom. The van der Waals surface area contributed by atoms with Gasteiger partial charge in [0.25, 0.3) is 6.57 Å². The molecule has 6 heteroatoms. The minimum Gasteiger partial charge on any atom is -0.318 e. The number of allylic oxidation sites excluding steroid dienone is 5. The molecule has 0 saturated heterocycles. The molecule has 0 spiro atoms. The van der Waals surface area contributed by atoms with Crippen molar-refractivity contribution in [3.63, 3.8) is 0 Å². The smallest absolute Gasteiger partial charge is 0.307 e. The highest BCUT2D eigenvalue weighted by molar-refractivity contribution is 6.13. The van der Waals surface area contributed by atoms with Crippen LogP contribution in [-0.2, 0) is 13.1 Å². The van der Waals surface area contributed by atoms with Crippen molar-refractivity contribution in [2.45, 2.75) is 20.0 Å². The first kappa shape index (κ1) is 27.8. The Bertz CT molecular complexity index is 2300. The fourth-order valence-corrected chi connectivity index (χ4v) is 6.29. The van der Waals surface area contributed by atoms with Gasteiger partial charge in [-0.3, -0.25) is 15.0 Å². The zero-order chi connectivity index (χ0) is 30.8. The summed E-state index contributed by atoms with van der Waals surface area (Å²) in [7, 11) is 0. The normalized spacial score (nSPS) is 13.3. The van der Waals surface area contributed by atoms with Crippen molar-refractivity contribution in [2.75, 3.05) is 0 Å². The van der Waals surface area contributed by atoms with Gasteiger partial charge in [0.05, 0.1) is 33.5 Å². The van der Waals surface area contributed by atoms with Gasteiger partial charge < -0.3 is 9.13 Å². The Morgan fingerprint density at radius 3 is 2.71 bits per heavy atom. The van der Waals surface area contributed by atoms with Crippen LogP contribution in [0.2, 0.25) is 0 Å². The number of fused-ring (bicyclic) bond motifs is 6. The van der Waals surface area contributed by atoms with E-state index in [1.54, 1.807) is 18.5 Å². The van der Waals surface area contributed by atoms with Crippen LogP contribution in [0.15, 0.2) is 121 Å². The first-order chi connectivity index (χ1) is 22.2. The second-order valence-electron chi connectivity index (χ2n) is 10.7. The van der Waals surface area contributed by atoms with Gasteiger partial charge in [-0.15, -0.1) is 0 Å². The van der Waals surface area contributed by atoms with Crippen molar-refractivity contribution in [3.05, 3.63) is 149 Å². The molecule has 1 aliphatic rings. The lowest BCUT2D eigenvalue weighted by Gasteiger charge is -2.13. The molecule has 0 radical (unpaired) electrons. The highest BCUT2D eigenvalue weighted by atomic mass is 15.1. The zero-order valence-electron chi connectivity index (χ0n) is 25.0. The van der Waals surface area contributed by atoms with Crippen molar-refractivity contribution >= 4 is 56.8 Å². The van der Waals surface area contributed by atoms with E-state index in [0.29, 0.717) is 12.4 Å². The molecule has 0 amide bonds. The lowest BCUT2D eigenvalue weighted by atomic mass is 10.1. The third kappa shape index (κ3) is 4.81. The Kier molecular flexibility index (Phi) is 7.34. The van der Waals surface area contributed by atoms with Gasteiger partial charge in [0.1, 0.15) is 6.67 Å². The number of hydrogen-bond donors (Lipinski definition) is 0. The zero-order valence-corrected chi connectivity index (χ0v) is 25.0. The summed E-state index contributed by atoms with van der Waals surface area (Å²) in [4.78, 5) is 18.0. The van der Waals surface area contributed by atoms with Gasteiger partial charge in [0, 0.05) is 63.7 Å². The average molecular weight is 584 g/mol. The van der Waals surface area contributed by atoms with Crippen molar-refractivity contribution in [1.29, 1.82) is 0 Å². The molecule has 4 aromatic heterocycles. The van der Waals surface area contributed by atoms with Crippen molar-refractivity contribution < 1.29 is 0 Å². The predicted octanol–water partition coefficient (Wildman–Crippen LogP) is 9.25. The highest BCUT2D eigenvalue weighted by Crippen LogP contribution is 2.40. The number of aromatic nitrogens is 4. The summed E-state index contributed by atoms with van der Waals surface area (Å²) in [5, 5.41) is 2.33. The van der Waals surface area contributed by atoms with Crippen molar-refractivity contribution in [2.24, 2.45) is 4.99 Å². The third-order valence-electron chi connectivity index (χ3n) is 8.18. The number of hydrogen-bond acceptors (Lipinski definition) is 3. The lowest BCUT2D eigenvalue weighted by molar-refractivity contribution is 0.760. The molecule has 2 aromatic carbocycles. The highest BCUT2D eigenvalue weighted by Gasteiger charge is 2.24. The van der Waals surface area contributed by atoms with E-state index in [9.17, 15) is 0 Å². The fourth-order valence-electron chi connectivity index (χ4n) is 6.29. The molecule has 0 bridgehead atoms. The molecule has 216 valence electrons. The van der Waals surface area contributed by atoms with Crippen molar-refractivity contribution in [3.8, 4) is 12.3 Å². The first-order valence-corrected chi connectivity index (χ1v) is 14.9. The van der Waals surface area contributed by atoms with E-state index in [0.717, 1.165) is 56.4 Å². The maximum atomic E-state index is 5.52. The first-order valence-electron chi connectivity index (χ1n) is 14.9. The van der Waals surface area contributed by atoms with Crippen LogP contribution in [0.5, 0.6) is 0 Å². The van der Waals surface area contributed by atoms with E-state index in [2.05, 4.69) is 109 Å². The Hall–Kier alpha value is -6.06. The molecule has 1 aliphatic carbocycles. The molecule has 0 unspecified atom stereocenters.